The summed E-state index contributed by atoms with van der Waals surface area (Å²) in [6, 6.07) is 4.88. The van der Waals surface area contributed by atoms with Crippen LogP contribution < -0.4 is 10.2 Å². The fourth-order valence-electron chi connectivity index (χ4n) is 6.62. The number of hydrogen-bond acceptors (Lipinski definition) is 16. The van der Waals surface area contributed by atoms with Crippen LogP contribution in [0.15, 0.2) is 28.2 Å². The van der Waals surface area contributed by atoms with Crippen LogP contribution in [-0.2, 0) is 33.4 Å². The number of hydrogen-bond donors (Lipinski definition) is 5. The average molecular weight is 1280 g/mol. The predicted octanol–water partition coefficient (Wildman–Crippen LogP) is 13.3. The number of unbranched alkanes of at least 4 members (excludes halogenated alkanes) is 20. The van der Waals surface area contributed by atoms with E-state index in [1.54, 1.807) is 41.8 Å². The standard InChI is InChI=1S/2C12H24O2.C9H6N2O2.C8H18O3.C6H14O3.C6H12O.C4H10O.2C4H9.Sn/c2*1-2-3-4-5-6-7-8-9-10-11-12(13)14;1-7-2-3-8(10-5-12)4-9(7)11-6-13;1-3-4-5-10-6-7-11-8(2)9;1-2-6(3-7,4-8)5-9;1-5(2)4-6(3)7;1-2-3-4-5;2*1-3-4-2;/h2*2-11H2,1H3,(H,13,14);2-4H,1H3;8-9H,3-7H2,1-2H3;7-9H,2-5H2,1H3;5H,4H2,1-3H3;5H,2-4H2,1H3;2*1,3-4H2,2H3;/q;;;;;;;;;+2/p-2. The number of isocyanates is 2. The van der Waals surface area contributed by atoms with E-state index in [9.17, 15) is 34.2 Å². The van der Waals surface area contributed by atoms with Crippen molar-refractivity contribution in [3.63, 3.8) is 0 Å². The summed E-state index contributed by atoms with van der Waals surface area (Å²) in [6.45, 7) is 25.8. The molecule has 0 aliphatic carbocycles. The zero-order valence-electron chi connectivity index (χ0n) is 54.3. The number of aliphatic imine (C=N–C) groups is 2. The fourth-order valence-corrected chi connectivity index (χ4v) is 10.8. The molecule has 82 heavy (non-hydrogen) atoms. The number of carboxylic acid groups (broad SMARTS) is 2. The van der Waals surface area contributed by atoms with Gasteiger partial charge in [-0.3, -0.25) is 0 Å². The van der Waals surface area contributed by atoms with Crippen molar-refractivity contribution >= 4 is 62.4 Å². The van der Waals surface area contributed by atoms with Gasteiger partial charge in [-0.1, -0.05) is 170 Å². The quantitative estimate of drug-likeness (QED) is 0.0134. The van der Waals surface area contributed by atoms with E-state index in [4.69, 9.17) is 35.0 Å². The Morgan fingerprint density at radius 3 is 1.26 bits per heavy atom. The first-order valence-electron chi connectivity index (χ1n) is 31.5. The maximum absolute atomic E-state index is 10.3. The molecule has 17 heteroatoms. The van der Waals surface area contributed by atoms with Crippen LogP contribution in [0.2, 0.25) is 8.87 Å². The molecule has 1 aromatic carbocycles. The number of aliphatic hydroxyl groups excluding tert-OH is 5. The van der Waals surface area contributed by atoms with Gasteiger partial charge in [-0.15, -0.1) is 0 Å². The van der Waals surface area contributed by atoms with Crippen molar-refractivity contribution < 1.29 is 69.2 Å². The maximum Gasteiger partial charge on any atom is 0.240 e. The van der Waals surface area contributed by atoms with Crippen molar-refractivity contribution in [3.8, 4) is 0 Å². The van der Waals surface area contributed by atoms with E-state index in [2.05, 4.69) is 51.5 Å². The third-order valence-electron chi connectivity index (χ3n) is 12.1. The number of nitrogens with zero attached hydrogens (tertiary/aromatic N) is 2. The number of rotatable bonds is 43. The van der Waals surface area contributed by atoms with Gasteiger partial charge in [0.1, 0.15) is 5.78 Å². The Morgan fingerprint density at radius 2 is 0.976 bits per heavy atom. The summed E-state index contributed by atoms with van der Waals surface area (Å²) in [5, 5.41) is 62.9. The van der Waals surface area contributed by atoms with Gasteiger partial charge in [0.05, 0.1) is 44.4 Å². The van der Waals surface area contributed by atoms with Crippen molar-refractivity contribution in [2.24, 2.45) is 21.3 Å². The zero-order chi connectivity index (χ0) is 63.8. The van der Waals surface area contributed by atoms with Gasteiger partial charge < -0.3 is 59.6 Å². The molecule has 0 heterocycles. The average Bonchev–Trinajstić information content (AvgIpc) is 3.44. The number of benzene rings is 1. The summed E-state index contributed by atoms with van der Waals surface area (Å²) in [5.74, 6) is -1.01. The number of carbonyl (C=O) groups excluding carboxylic acids is 5. The van der Waals surface area contributed by atoms with Crippen LogP contribution in [0.25, 0.3) is 0 Å². The summed E-state index contributed by atoms with van der Waals surface area (Å²) in [6.07, 6.45) is 35.9. The molecule has 0 amide bonds. The normalized spacial score (nSPS) is 10.3. The van der Waals surface area contributed by atoms with Gasteiger partial charge in [-0.05, 0) is 89.3 Å². The molecule has 0 aliphatic heterocycles. The van der Waals surface area contributed by atoms with E-state index >= 15 is 0 Å². The Morgan fingerprint density at radius 1 is 0.573 bits per heavy atom. The number of ether oxygens (including phenoxy) is 2. The van der Waals surface area contributed by atoms with Crippen LogP contribution in [0, 0.1) is 18.3 Å². The Balaban J connectivity index is -0.000000159. The number of aliphatic carboxylic acids is 2. The molecule has 16 nitrogen and oxygen atoms in total. The van der Waals surface area contributed by atoms with Crippen LogP contribution in [0.4, 0.5) is 11.4 Å². The fraction of sp³-hybridized carbons (Fsp3) is 0.831. The molecule has 1 atom stereocenters. The molecule has 0 aromatic heterocycles. The monoisotopic (exact) mass is 1280 g/mol. The number of carbonyl (C=O) groups is 3. The molecule has 0 saturated carbocycles. The van der Waals surface area contributed by atoms with E-state index in [0.717, 1.165) is 70.0 Å². The van der Waals surface area contributed by atoms with Gasteiger partial charge in [0.25, 0.3) is 0 Å². The topological polar surface area (TPSA) is 276 Å². The van der Waals surface area contributed by atoms with Crippen LogP contribution in [0.3, 0.4) is 0 Å². The third kappa shape index (κ3) is 90.9. The SMILES string of the molecule is CC(=O)CC(C)C.CCC(CO)(CO)CO.CCCCCCCCCCCC(=O)[O-].CCCCCCCCCCCC(=O)[O-].CCCCO.CCCCOCCOC(C)O.CCC[CH2][Sn+2][CH2]CCC.Cc1ccc(N=C=O)cc1N=C=O. The van der Waals surface area contributed by atoms with Crippen LogP contribution in [-0.4, -0.2) is 129 Å². The maximum atomic E-state index is 10.3. The number of aryl methyl sites for hydroxylation is 1. The Hall–Kier alpha value is -2.89. The van der Waals surface area contributed by atoms with Gasteiger partial charge in [0.2, 0.25) is 12.2 Å². The Labute approximate surface area is 511 Å². The van der Waals surface area contributed by atoms with E-state index < -0.39 is 23.6 Å². The molecule has 1 rings (SSSR count). The van der Waals surface area contributed by atoms with Crippen molar-refractivity contribution in [2.45, 2.75) is 291 Å². The smallest absolute Gasteiger partial charge is 0.211 e. The molecule has 1 aromatic rings. The third-order valence-corrected chi connectivity index (χ3v) is 16.1. The van der Waals surface area contributed by atoms with Gasteiger partial charge >= 0.3 is 69.5 Å². The minimum Gasteiger partial charge on any atom is -0.211 e. The predicted molar refractivity (Wildman–Crippen MR) is 335 cm³/mol. The van der Waals surface area contributed by atoms with E-state index in [0.29, 0.717) is 43.5 Å². The number of carboxylic acids is 2. The summed E-state index contributed by atoms with van der Waals surface area (Å²) in [7, 11) is 0. The van der Waals surface area contributed by atoms with Crippen LogP contribution in [0.5, 0.6) is 0 Å². The summed E-state index contributed by atoms with van der Waals surface area (Å²) < 4.78 is 13.3. The molecule has 0 fully saturated rings. The van der Waals surface area contributed by atoms with Crippen molar-refractivity contribution in [1.82, 2.24) is 0 Å². The molecular weight excluding hydrogens is 1150 g/mol. The van der Waals surface area contributed by atoms with Crippen LogP contribution >= 0.6 is 0 Å². The minimum absolute atomic E-state index is 0.149. The second-order valence-electron chi connectivity index (χ2n) is 20.9. The minimum atomic E-state index is -0.909. The van der Waals surface area contributed by atoms with Gasteiger partial charge in [0, 0.05) is 37.0 Å². The molecule has 0 aliphatic rings. The molecule has 482 valence electrons. The second-order valence-corrected chi connectivity index (χ2v) is 25.2. The molecule has 0 bridgehead atoms. The molecular formula is C65H124N2O14Sn. The number of aliphatic hydroxyl groups is 5. The molecule has 0 spiro atoms. The van der Waals surface area contributed by atoms with Gasteiger partial charge in [-0.25, -0.2) is 9.59 Å². The Kier molecular flexibility index (Phi) is 90.8. The van der Waals surface area contributed by atoms with Crippen molar-refractivity contribution in [1.29, 1.82) is 0 Å². The first-order chi connectivity index (χ1) is 39.3. The molecule has 0 saturated heterocycles. The van der Waals surface area contributed by atoms with Crippen molar-refractivity contribution in [2.75, 3.05) is 46.2 Å². The summed E-state index contributed by atoms with van der Waals surface area (Å²) in [5.41, 5.74) is 1.05. The Bertz CT molecular complexity index is 1490. The molecule has 1 unspecified atom stereocenters. The van der Waals surface area contributed by atoms with E-state index in [1.807, 2.05) is 20.8 Å². The largest absolute Gasteiger partial charge is 0.240 e. The first-order valence-corrected chi connectivity index (χ1v) is 35.5. The van der Waals surface area contributed by atoms with E-state index in [1.165, 1.54) is 134 Å². The van der Waals surface area contributed by atoms with E-state index in [-0.39, 0.29) is 59.6 Å². The number of Topliss-reactive ketones (excluding diaryl/α,β-unsaturated/α-hetero) is 1. The van der Waals surface area contributed by atoms with Gasteiger partial charge in [-0.2, -0.15) is 9.98 Å². The summed E-state index contributed by atoms with van der Waals surface area (Å²) >= 11 is 0.149. The van der Waals surface area contributed by atoms with Crippen LogP contribution in [0.1, 0.15) is 274 Å². The molecule has 5 N–H and O–H groups in total. The first kappa shape index (κ1) is 92.8. The zero-order valence-corrected chi connectivity index (χ0v) is 57.1. The number of ketones is 1. The molecule has 0 radical (unpaired) electrons. The van der Waals surface area contributed by atoms with Crippen molar-refractivity contribution in [3.05, 3.63) is 23.8 Å². The second kappa shape index (κ2) is 80.2. The summed E-state index contributed by atoms with van der Waals surface area (Å²) in [4.78, 5) is 57.2. The van der Waals surface area contributed by atoms with Gasteiger partial charge in [0.15, 0.2) is 6.29 Å².